The van der Waals surface area contributed by atoms with Crippen LogP contribution in [0, 0.1) is 5.92 Å². The molecule has 0 amide bonds. The molecule has 11 heavy (non-hydrogen) atoms. The first-order valence-corrected chi connectivity index (χ1v) is 4.87. The van der Waals surface area contributed by atoms with Gasteiger partial charge >= 0.3 is 0 Å². The lowest BCUT2D eigenvalue weighted by Crippen LogP contribution is -2.21. The van der Waals surface area contributed by atoms with Crippen LogP contribution in [-0.2, 0) is 4.79 Å². The minimum Gasteiger partial charge on any atom is -0.298 e. The molecule has 1 aliphatic carbocycles. The minimum atomic E-state index is -0.224. The Balaban J connectivity index is 2.39. The fraction of sp³-hybridized carbons (Fsp3) is 0.889. The molecular formula is C9H15ClO. The molecule has 1 rings (SSSR count). The molecule has 0 aromatic carbocycles. The molecule has 1 nitrogen and oxygen atoms in total. The highest BCUT2D eigenvalue weighted by Crippen LogP contribution is 2.28. The van der Waals surface area contributed by atoms with Crippen LogP contribution in [0.1, 0.15) is 39.0 Å². The molecule has 1 atom stereocenters. The van der Waals surface area contributed by atoms with Crippen molar-refractivity contribution < 1.29 is 4.79 Å². The largest absolute Gasteiger partial charge is 0.298 e. The number of hydrogen-bond acceptors (Lipinski definition) is 1. The van der Waals surface area contributed by atoms with E-state index in [-0.39, 0.29) is 17.1 Å². The zero-order valence-corrected chi connectivity index (χ0v) is 7.73. The molecule has 0 aromatic heterocycles. The van der Waals surface area contributed by atoms with Gasteiger partial charge in [-0.25, -0.2) is 0 Å². The average molecular weight is 175 g/mol. The van der Waals surface area contributed by atoms with Crippen molar-refractivity contribution in [2.75, 3.05) is 0 Å². The van der Waals surface area contributed by atoms with Gasteiger partial charge < -0.3 is 0 Å². The number of alkyl halides is 1. The van der Waals surface area contributed by atoms with Gasteiger partial charge in [0.1, 0.15) is 0 Å². The van der Waals surface area contributed by atoms with Gasteiger partial charge in [0.25, 0.3) is 0 Å². The molecule has 0 aliphatic heterocycles. The zero-order chi connectivity index (χ0) is 8.27. The van der Waals surface area contributed by atoms with Gasteiger partial charge in [-0.3, -0.25) is 4.79 Å². The number of carbonyl (C=O) groups excluding carboxylic acids is 1. The van der Waals surface area contributed by atoms with E-state index >= 15 is 0 Å². The fourth-order valence-electron chi connectivity index (χ4n) is 1.67. The molecule has 1 aliphatic rings. The summed E-state index contributed by atoms with van der Waals surface area (Å²) in [5.74, 6) is 0.573. The summed E-state index contributed by atoms with van der Waals surface area (Å²) in [5.41, 5.74) is 0. The highest BCUT2D eigenvalue weighted by atomic mass is 35.5. The molecule has 1 fully saturated rings. The first-order chi connectivity index (χ1) is 5.25. The fourth-order valence-corrected chi connectivity index (χ4v) is 1.85. The summed E-state index contributed by atoms with van der Waals surface area (Å²) < 4.78 is 0. The van der Waals surface area contributed by atoms with E-state index in [2.05, 4.69) is 0 Å². The molecule has 2 heteroatoms. The van der Waals surface area contributed by atoms with E-state index < -0.39 is 0 Å². The molecule has 0 heterocycles. The van der Waals surface area contributed by atoms with Crippen LogP contribution in [0.25, 0.3) is 0 Å². The van der Waals surface area contributed by atoms with Crippen molar-refractivity contribution in [3.8, 4) is 0 Å². The predicted molar refractivity (Wildman–Crippen MR) is 46.9 cm³/mol. The van der Waals surface area contributed by atoms with Gasteiger partial charge in [-0.15, -0.1) is 11.6 Å². The quantitative estimate of drug-likeness (QED) is 0.602. The van der Waals surface area contributed by atoms with Crippen molar-refractivity contribution in [3.05, 3.63) is 0 Å². The molecule has 0 aromatic rings. The lowest BCUT2D eigenvalue weighted by atomic mass is 9.99. The summed E-state index contributed by atoms with van der Waals surface area (Å²) in [5, 5.41) is -0.224. The molecule has 0 spiro atoms. The highest BCUT2D eigenvalue weighted by Gasteiger charge is 2.26. The molecule has 1 saturated carbocycles. The standard InChI is InChI=1S/C9H15ClO/c1-2-8(10)9(11)7-5-3-4-6-7/h7-8H,2-6H2,1H3. The van der Waals surface area contributed by atoms with Crippen LogP contribution in [0.15, 0.2) is 0 Å². The van der Waals surface area contributed by atoms with Gasteiger partial charge in [0, 0.05) is 5.92 Å². The zero-order valence-electron chi connectivity index (χ0n) is 6.98. The maximum Gasteiger partial charge on any atom is 0.153 e. The van der Waals surface area contributed by atoms with E-state index in [1.807, 2.05) is 6.92 Å². The van der Waals surface area contributed by atoms with Gasteiger partial charge in [0.2, 0.25) is 0 Å². The van der Waals surface area contributed by atoms with Crippen molar-refractivity contribution in [2.45, 2.75) is 44.4 Å². The third kappa shape index (κ3) is 2.19. The van der Waals surface area contributed by atoms with Crippen molar-refractivity contribution in [1.29, 1.82) is 0 Å². The summed E-state index contributed by atoms with van der Waals surface area (Å²) in [6.45, 7) is 1.96. The Labute approximate surface area is 73.1 Å². The van der Waals surface area contributed by atoms with E-state index in [9.17, 15) is 4.79 Å². The van der Waals surface area contributed by atoms with Crippen LogP contribution < -0.4 is 0 Å². The van der Waals surface area contributed by atoms with Crippen molar-refractivity contribution in [3.63, 3.8) is 0 Å². The SMILES string of the molecule is CCC(Cl)C(=O)C1CCCC1. The second-order valence-electron chi connectivity index (χ2n) is 3.26. The predicted octanol–water partition coefficient (Wildman–Crippen LogP) is 2.76. The molecule has 0 bridgehead atoms. The Morgan fingerprint density at radius 2 is 2.09 bits per heavy atom. The Hall–Kier alpha value is -0.0400. The van der Waals surface area contributed by atoms with Crippen LogP contribution in [0.4, 0.5) is 0 Å². The van der Waals surface area contributed by atoms with E-state index in [4.69, 9.17) is 11.6 Å². The first kappa shape index (κ1) is 9.05. The van der Waals surface area contributed by atoms with Gasteiger partial charge in [-0.2, -0.15) is 0 Å². The molecule has 0 radical (unpaired) electrons. The Bertz CT molecular complexity index is 138. The molecule has 0 N–H and O–H groups in total. The third-order valence-electron chi connectivity index (χ3n) is 2.42. The number of halogens is 1. The van der Waals surface area contributed by atoms with Gasteiger partial charge in [0.05, 0.1) is 5.38 Å². The molecule has 1 unspecified atom stereocenters. The highest BCUT2D eigenvalue weighted by molar-refractivity contribution is 6.31. The number of hydrogen-bond donors (Lipinski definition) is 0. The number of Topliss-reactive ketones (excluding diaryl/α,β-unsaturated/α-hetero) is 1. The van der Waals surface area contributed by atoms with Crippen LogP contribution in [0.2, 0.25) is 0 Å². The van der Waals surface area contributed by atoms with E-state index in [0.29, 0.717) is 0 Å². The van der Waals surface area contributed by atoms with Gasteiger partial charge in [-0.05, 0) is 19.3 Å². The summed E-state index contributed by atoms with van der Waals surface area (Å²) in [7, 11) is 0. The lowest BCUT2D eigenvalue weighted by Gasteiger charge is -2.10. The molecular weight excluding hydrogens is 160 g/mol. The smallest absolute Gasteiger partial charge is 0.153 e. The van der Waals surface area contributed by atoms with Crippen LogP contribution in [0.5, 0.6) is 0 Å². The maximum absolute atomic E-state index is 11.4. The van der Waals surface area contributed by atoms with Crippen molar-refractivity contribution in [2.24, 2.45) is 5.92 Å². The van der Waals surface area contributed by atoms with Crippen molar-refractivity contribution >= 4 is 17.4 Å². The summed E-state index contributed by atoms with van der Waals surface area (Å²) >= 11 is 5.85. The van der Waals surface area contributed by atoms with E-state index in [0.717, 1.165) is 19.3 Å². The molecule has 0 saturated heterocycles. The second kappa shape index (κ2) is 4.10. The average Bonchev–Trinajstić information content (AvgIpc) is 2.53. The normalized spacial score (nSPS) is 22.0. The van der Waals surface area contributed by atoms with E-state index in [1.54, 1.807) is 0 Å². The number of carbonyl (C=O) groups is 1. The Morgan fingerprint density at radius 3 is 2.55 bits per heavy atom. The van der Waals surface area contributed by atoms with Gasteiger partial charge in [0.15, 0.2) is 5.78 Å². The Kier molecular flexibility index (Phi) is 3.38. The lowest BCUT2D eigenvalue weighted by molar-refractivity contribution is -0.122. The van der Waals surface area contributed by atoms with Gasteiger partial charge in [-0.1, -0.05) is 19.8 Å². The van der Waals surface area contributed by atoms with Crippen LogP contribution >= 0.6 is 11.6 Å². The monoisotopic (exact) mass is 174 g/mol. The third-order valence-corrected chi connectivity index (χ3v) is 2.95. The summed E-state index contributed by atoms with van der Waals surface area (Å²) in [6.07, 6.45) is 5.34. The van der Waals surface area contributed by atoms with E-state index in [1.165, 1.54) is 12.8 Å². The maximum atomic E-state index is 11.4. The first-order valence-electron chi connectivity index (χ1n) is 4.43. The molecule has 64 valence electrons. The number of ketones is 1. The number of rotatable bonds is 3. The Morgan fingerprint density at radius 1 is 1.55 bits per heavy atom. The van der Waals surface area contributed by atoms with Crippen molar-refractivity contribution in [1.82, 2.24) is 0 Å². The second-order valence-corrected chi connectivity index (χ2v) is 3.79. The topological polar surface area (TPSA) is 17.1 Å². The van der Waals surface area contributed by atoms with Crippen LogP contribution in [0.3, 0.4) is 0 Å². The van der Waals surface area contributed by atoms with Crippen LogP contribution in [-0.4, -0.2) is 11.2 Å². The summed E-state index contributed by atoms with van der Waals surface area (Å²) in [6, 6.07) is 0. The summed E-state index contributed by atoms with van der Waals surface area (Å²) in [4.78, 5) is 11.4. The minimum absolute atomic E-state index is 0.224.